The molecule has 0 bridgehead atoms. The first-order valence-electron chi connectivity index (χ1n) is 5.46. The van der Waals surface area contributed by atoms with Crippen molar-refractivity contribution < 1.29 is 9.90 Å². The molecule has 2 atom stereocenters. The van der Waals surface area contributed by atoms with E-state index in [9.17, 15) is 4.79 Å². The molecule has 1 aromatic carbocycles. The fourth-order valence-corrected chi connectivity index (χ4v) is 1.70. The molecule has 3 nitrogen and oxygen atoms in total. The predicted molar refractivity (Wildman–Crippen MR) is 64.3 cm³/mol. The normalized spacial score (nSPS) is 14.5. The quantitative estimate of drug-likeness (QED) is 0.820. The second-order valence-corrected chi connectivity index (χ2v) is 4.44. The van der Waals surface area contributed by atoms with Gasteiger partial charge in [0.15, 0.2) is 0 Å². The van der Waals surface area contributed by atoms with Crippen LogP contribution in [0, 0.1) is 19.8 Å². The van der Waals surface area contributed by atoms with Gasteiger partial charge in [0.25, 0.3) is 0 Å². The number of aryl methyl sites for hydroxylation is 2. The molecule has 0 aliphatic carbocycles. The van der Waals surface area contributed by atoms with Gasteiger partial charge in [-0.2, -0.15) is 0 Å². The topological polar surface area (TPSA) is 63.3 Å². The number of carboxylic acids is 1. The van der Waals surface area contributed by atoms with Crippen LogP contribution in [0.4, 0.5) is 0 Å². The lowest BCUT2D eigenvalue weighted by molar-refractivity contribution is -0.138. The van der Waals surface area contributed by atoms with Gasteiger partial charge in [0, 0.05) is 12.5 Å². The van der Waals surface area contributed by atoms with E-state index in [2.05, 4.69) is 0 Å². The largest absolute Gasteiger partial charge is 0.481 e. The highest BCUT2D eigenvalue weighted by Crippen LogP contribution is 2.23. The van der Waals surface area contributed by atoms with Gasteiger partial charge in [-0.1, -0.05) is 25.1 Å². The Hall–Kier alpha value is -1.35. The van der Waals surface area contributed by atoms with Crippen molar-refractivity contribution in [2.75, 3.05) is 0 Å². The zero-order valence-electron chi connectivity index (χ0n) is 10.0. The predicted octanol–water partition coefficient (Wildman–Crippen LogP) is 2.41. The van der Waals surface area contributed by atoms with Gasteiger partial charge in [-0.05, 0) is 36.5 Å². The minimum absolute atomic E-state index is 0.0559. The third kappa shape index (κ3) is 3.07. The Balaban J connectivity index is 2.83. The van der Waals surface area contributed by atoms with E-state index in [1.54, 1.807) is 0 Å². The monoisotopic (exact) mass is 221 g/mol. The van der Waals surface area contributed by atoms with Gasteiger partial charge in [-0.25, -0.2) is 0 Å². The van der Waals surface area contributed by atoms with Gasteiger partial charge in [0.05, 0.1) is 0 Å². The van der Waals surface area contributed by atoms with Crippen LogP contribution >= 0.6 is 0 Å². The highest BCUT2D eigenvalue weighted by Gasteiger charge is 2.17. The fourth-order valence-electron chi connectivity index (χ4n) is 1.70. The number of benzene rings is 1. The number of rotatable bonds is 4. The first kappa shape index (κ1) is 12.7. The van der Waals surface area contributed by atoms with Crippen molar-refractivity contribution in [3.05, 3.63) is 34.9 Å². The van der Waals surface area contributed by atoms with Crippen LogP contribution in [0.1, 0.15) is 36.1 Å². The van der Waals surface area contributed by atoms with E-state index in [-0.39, 0.29) is 18.4 Å². The van der Waals surface area contributed by atoms with Gasteiger partial charge >= 0.3 is 5.97 Å². The van der Waals surface area contributed by atoms with E-state index in [1.807, 2.05) is 39.0 Å². The summed E-state index contributed by atoms with van der Waals surface area (Å²) in [5.41, 5.74) is 9.47. The molecule has 0 spiro atoms. The van der Waals surface area contributed by atoms with Gasteiger partial charge in [-0.3, -0.25) is 4.79 Å². The molecule has 1 rings (SSSR count). The smallest absolute Gasteiger partial charge is 0.303 e. The highest BCUT2D eigenvalue weighted by molar-refractivity contribution is 5.67. The summed E-state index contributed by atoms with van der Waals surface area (Å²) in [6.45, 7) is 5.95. The molecule has 88 valence electrons. The number of carboxylic acid groups (broad SMARTS) is 1. The van der Waals surface area contributed by atoms with Crippen LogP contribution in [0.5, 0.6) is 0 Å². The molecule has 0 aliphatic rings. The Labute approximate surface area is 96.3 Å². The molecule has 0 aromatic heterocycles. The number of hydrogen-bond acceptors (Lipinski definition) is 2. The Morgan fingerprint density at radius 2 is 2.00 bits per heavy atom. The third-order valence-electron chi connectivity index (χ3n) is 3.03. The molecule has 0 radical (unpaired) electrons. The number of aliphatic carboxylic acids is 1. The zero-order chi connectivity index (χ0) is 12.3. The van der Waals surface area contributed by atoms with Gasteiger partial charge in [0.1, 0.15) is 0 Å². The van der Waals surface area contributed by atoms with Crippen molar-refractivity contribution in [1.29, 1.82) is 0 Å². The van der Waals surface area contributed by atoms with E-state index >= 15 is 0 Å². The summed E-state index contributed by atoms with van der Waals surface area (Å²) in [5, 5.41) is 8.72. The van der Waals surface area contributed by atoms with Crippen LogP contribution in [0.3, 0.4) is 0 Å². The summed E-state index contributed by atoms with van der Waals surface area (Å²) in [6.07, 6.45) is 0.105. The van der Waals surface area contributed by atoms with E-state index in [1.165, 1.54) is 11.1 Å². The number of carbonyl (C=O) groups is 1. The average molecular weight is 221 g/mol. The Bertz CT molecular complexity index is 388. The van der Waals surface area contributed by atoms with Crippen molar-refractivity contribution in [1.82, 2.24) is 0 Å². The Morgan fingerprint density at radius 3 is 2.50 bits per heavy atom. The minimum Gasteiger partial charge on any atom is -0.481 e. The average Bonchev–Trinajstić information content (AvgIpc) is 2.20. The second kappa shape index (κ2) is 5.12. The molecule has 0 heterocycles. The van der Waals surface area contributed by atoms with E-state index in [0.717, 1.165) is 5.56 Å². The highest BCUT2D eigenvalue weighted by atomic mass is 16.4. The summed E-state index contributed by atoms with van der Waals surface area (Å²) >= 11 is 0. The molecule has 3 heteroatoms. The van der Waals surface area contributed by atoms with Crippen molar-refractivity contribution in [2.24, 2.45) is 11.7 Å². The maximum Gasteiger partial charge on any atom is 0.303 e. The zero-order valence-corrected chi connectivity index (χ0v) is 10.0. The van der Waals surface area contributed by atoms with Crippen molar-refractivity contribution in [2.45, 2.75) is 33.2 Å². The first-order chi connectivity index (χ1) is 7.41. The summed E-state index contributed by atoms with van der Waals surface area (Å²) in [7, 11) is 0. The molecule has 2 unspecified atom stereocenters. The fraction of sp³-hybridized carbons (Fsp3) is 0.462. The van der Waals surface area contributed by atoms with Crippen molar-refractivity contribution >= 4 is 5.97 Å². The van der Waals surface area contributed by atoms with Crippen LogP contribution in [-0.4, -0.2) is 11.1 Å². The maximum absolute atomic E-state index is 10.6. The lowest BCUT2D eigenvalue weighted by Crippen LogP contribution is -2.21. The Kier molecular flexibility index (Phi) is 4.07. The molecule has 0 aliphatic heterocycles. The lowest BCUT2D eigenvalue weighted by atomic mass is 9.91. The molecular weight excluding hydrogens is 202 g/mol. The standard InChI is InChI=1S/C13H19NO2/c1-8-4-5-11(6-9(8)2)13(14)10(3)7-12(15)16/h4-6,10,13H,7,14H2,1-3H3,(H,15,16). The first-order valence-corrected chi connectivity index (χ1v) is 5.46. The molecular formula is C13H19NO2. The molecule has 1 aromatic rings. The van der Waals surface area contributed by atoms with Crippen LogP contribution in [0.25, 0.3) is 0 Å². The summed E-state index contributed by atoms with van der Waals surface area (Å²) in [5.74, 6) is -0.855. The molecule has 0 saturated heterocycles. The van der Waals surface area contributed by atoms with E-state index < -0.39 is 5.97 Å². The van der Waals surface area contributed by atoms with E-state index in [0.29, 0.717) is 0 Å². The van der Waals surface area contributed by atoms with Crippen LogP contribution in [0.15, 0.2) is 18.2 Å². The summed E-state index contributed by atoms with van der Waals surface area (Å²) in [6, 6.07) is 5.83. The van der Waals surface area contributed by atoms with Gasteiger partial charge < -0.3 is 10.8 Å². The van der Waals surface area contributed by atoms with Crippen LogP contribution < -0.4 is 5.73 Å². The van der Waals surface area contributed by atoms with E-state index in [4.69, 9.17) is 10.8 Å². The molecule has 0 fully saturated rings. The Morgan fingerprint density at radius 1 is 1.38 bits per heavy atom. The third-order valence-corrected chi connectivity index (χ3v) is 3.03. The second-order valence-electron chi connectivity index (χ2n) is 4.44. The van der Waals surface area contributed by atoms with Crippen molar-refractivity contribution in [3.63, 3.8) is 0 Å². The van der Waals surface area contributed by atoms with Crippen LogP contribution in [-0.2, 0) is 4.79 Å². The SMILES string of the molecule is Cc1ccc(C(N)C(C)CC(=O)O)cc1C. The molecule has 3 N–H and O–H groups in total. The number of nitrogens with two attached hydrogens (primary N) is 1. The number of hydrogen-bond donors (Lipinski definition) is 2. The van der Waals surface area contributed by atoms with Crippen LogP contribution in [0.2, 0.25) is 0 Å². The molecule has 0 amide bonds. The minimum atomic E-state index is -0.799. The van der Waals surface area contributed by atoms with Crippen molar-refractivity contribution in [3.8, 4) is 0 Å². The lowest BCUT2D eigenvalue weighted by Gasteiger charge is -2.19. The maximum atomic E-state index is 10.6. The van der Waals surface area contributed by atoms with Gasteiger partial charge in [-0.15, -0.1) is 0 Å². The molecule has 16 heavy (non-hydrogen) atoms. The summed E-state index contributed by atoms with van der Waals surface area (Å²) in [4.78, 5) is 10.6. The molecule has 0 saturated carbocycles. The van der Waals surface area contributed by atoms with Gasteiger partial charge in [0.2, 0.25) is 0 Å². The summed E-state index contributed by atoms with van der Waals surface area (Å²) < 4.78 is 0.